The minimum Gasteiger partial charge on any atom is -0.488 e. The molecule has 6 nitrogen and oxygen atoms in total. The average Bonchev–Trinajstić information content (AvgIpc) is 3.16. The molecule has 2 aliphatic rings. The van der Waals surface area contributed by atoms with Crippen molar-refractivity contribution < 1.29 is 9.53 Å². The Morgan fingerprint density at radius 3 is 2.77 bits per heavy atom. The summed E-state index contributed by atoms with van der Waals surface area (Å²) in [6.07, 6.45) is 1.83. The third kappa shape index (κ3) is 3.67. The Morgan fingerprint density at radius 1 is 1.13 bits per heavy atom. The molecule has 0 aliphatic carbocycles. The molecule has 0 radical (unpaired) electrons. The van der Waals surface area contributed by atoms with E-state index in [0.717, 1.165) is 47.8 Å². The fourth-order valence-corrected chi connectivity index (χ4v) is 4.67. The van der Waals surface area contributed by atoms with Crippen LogP contribution in [-0.4, -0.2) is 46.3 Å². The predicted octanol–water partition coefficient (Wildman–Crippen LogP) is 3.80. The summed E-state index contributed by atoms with van der Waals surface area (Å²) < 4.78 is 7.70. The summed E-state index contributed by atoms with van der Waals surface area (Å²) in [7, 11) is 0. The van der Waals surface area contributed by atoms with Crippen molar-refractivity contribution in [3.8, 4) is 17.0 Å². The van der Waals surface area contributed by atoms with Gasteiger partial charge in [-0.3, -0.25) is 9.48 Å². The number of nitrogens with zero attached hydrogens (tertiary/aromatic N) is 4. The van der Waals surface area contributed by atoms with Crippen LogP contribution in [0, 0.1) is 13.8 Å². The molecule has 1 aromatic heterocycles. The number of hydrogen-bond acceptors (Lipinski definition) is 4. The van der Waals surface area contributed by atoms with Crippen LogP contribution in [0.1, 0.15) is 23.6 Å². The Labute approximate surface area is 183 Å². The lowest BCUT2D eigenvalue weighted by atomic mass is 10.0. The van der Waals surface area contributed by atoms with Crippen molar-refractivity contribution in [3.63, 3.8) is 0 Å². The zero-order valence-corrected chi connectivity index (χ0v) is 18.3. The number of aryl methyl sites for hydroxylation is 2. The molecular weight excluding hydrogens is 388 g/mol. The number of anilines is 1. The topological polar surface area (TPSA) is 50.6 Å². The van der Waals surface area contributed by atoms with Gasteiger partial charge in [0.2, 0.25) is 5.91 Å². The van der Waals surface area contributed by atoms with Gasteiger partial charge in [0.05, 0.1) is 11.9 Å². The van der Waals surface area contributed by atoms with E-state index in [1.807, 2.05) is 27.9 Å². The second-order valence-electron chi connectivity index (χ2n) is 8.69. The smallest absolute Gasteiger partial charge is 0.244 e. The van der Waals surface area contributed by atoms with Gasteiger partial charge in [0.15, 0.2) is 0 Å². The number of fused-ring (bicyclic) bond motifs is 3. The number of benzene rings is 2. The van der Waals surface area contributed by atoms with Crippen molar-refractivity contribution in [2.75, 3.05) is 24.5 Å². The summed E-state index contributed by atoms with van der Waals surface area (Å²) in [5.41, 5.74) is 6.70. The molecule has 0 unspecified atom stereocenters. The van der Waals surface area contributed by atoms with E-state index < -0.39 is 0 Å². The molecule has 0 bridgehead atoms. The van der Waals surface area contributed by atoms with Gasteiger partial charge in [0.25, 0.3) is 0 Å². The van der Waals surface area contributed by atoms with E-state index in [1.165, 1.54) is 11.3 Å². The molecule has 1 fully saturated rings. The molecule has 31 heavy (non-hydrogen) atoms. The second-order valence-corrected chi connectivity index (χ2v) is 8.69. The molecule has 3 aromatic rings. The Hall–Kier alpha value is -3.28. The molecule has 1 atom stereocenters. The highest BCUT2D eigenvalue weighted by Gasteiger charge is 2.29. The van der Waals surface area contributed by atoms with Gasteiger partial charge >= 0.3 is 0 Å². The molecule has 5 rings (SSSR count). The van der Waals surface area contributed by atoms with Crippen LogP contribution in [0.25, 0.3) is 11.3 Å². The summed E-state index contributed by atoms with van der Waals surface area (Å²) in [5, 5.41) is 4.53. The van der Waals surface area contributed by atoms with E-state index in [9.17, 15) is 4.79 Å². The van der Waals surface area contributed by atoms with Crippen LogP contribution < -0.4 is 9.64 Å². The van der Waals surface area contributed by atoms with E-state index in [2.05, 4.69) is 61.1 Å². The highest BCUT2D eigenvalue weighted by atomic mass is 16.5. The highest BCUT2D eigenvalue weighted by Crippen LogP contribution is 2.38. The first-order valence-electron chi connectivity index (χ1n) is 10.9. The predicted molar refractivity (Wildman–Crippen MR) is 121 cm³/mol. The zero-order valence-electron chi connectivity index (χ0n) is 18.3. The normalized spacial score (nSPS) is 17.7. The van der Waals surface area contributed by atoms with E-state index in [1.54, 1.807) is 0 Å². The van der Waals surface area contributed by atoms with Gasteiger partial charge in [-0.2, -0.15) is 5.10 Å². The van der Waals surface area contributed by atoms with Crippen molar-refractivity contribution in [2.45, 2.75) is 40.0 Å². The maximum absolute atomic E-state index is 13.2. The lowest BCUT2D eigenvalue weighted by Crippen LogP contribution is -2.54. The van der Waals surface area contributed by atoms with Gasteiger partial charge in [0, 0.05) is 42.5 Å². The Balaban J connectivity index is 1.32. The minimum absolute atomic E-state index is 0.113. The SMILES string of the molecule is Cc1cccc(N2CCN(C(=O)Cn3ncc4c3-c3cc(C)ccc3OC4)C[C@H]2C)c1. The number of rotatable bonds is 3. The lowest BCUT2D eigenvalue weighted by Gasteiger charge is -2.41. The molecular formula is C25H28N4O2. The molecule has 1 saturated heterocycles. The van der Waals surface area contributed by atoms with Gasteiger partial charge < -0.3 is 14.5 Å². The largest absolute Gasteiger partial charge is 0.488 e. The van der Waals surface area contributed by atoms with Crippen molar-refractivity contribution in [1.82, 2.24) is 14.7 Å². The number of ether oxygens (including phenoxy) is 1. The number of amides is 1. The molecule has 3 heterocycles. The fraction of sp³-hybridized carbons (Fsp3) is 0.360. The van der Waals surface area contributed by atoms with Crippen LogP contribution in [0.5, 0.6) is 5.75 Å². The zero-order chi connectivity index (χ0) is 21.5. The summed E-state index contributed by atoms with van der Waals surface area (Å²) in [4.78, 5) is 17.6. The first-order chi connectivity index (χ1) is 15.0. The first-order valence-corrected chi connectivity index (χ1v) is 10.9. The molecule has 0 spiro atoms. The maximum Gasteiger partial charge on any atom is 0.244 e. The Bertz CT molecular complexity index is 1140. The molecule has 6 heteroatoms. The average molecular weight is 417 g/mol. The molecule has 1 amide bonds. The number of hydrogen-bond donors (Lipinski definition) is 0. The van der Waals surface area contributed by atoms with Crippen molar-refractivity contribution >= 4 is 11.6 Å². The van der Waals surface area contributed by atoms with Crippen LogP contribution in [0.4, 0.5) is 5.69 Å². The van der Waals surface area contributed by atoms with Crippen molar-refractivity contribution in [2.24, 2.45) is 0 Å². The van der Waals surface area contributed by atoms with Crippen LogP contribution >= 0.6 is 0 Å². The standard InChI is InChI=1S/C25H28N4O2/c1-17-5-4-6-21(11-17)28-10-9-27(14-19(28)3)24(30)15-29-25-20(13-26-29)16-31-23-8-7-18(2)12-22(23)25/h4-8,11-13,19H,9-10,14-16H2,1-3H3/t19-/m1/s1. The Morgan fingerprint density at radius 2 is 1.97 bits per heavy atom. The molecule has 0 saturated carbocycles. The van der Waals surface area contributed by atoms with E-state index in [-0.39, 0.29) is 18.5 Å². The summed E-state index contributed by atoms with van der Waals surface area (Å²) >= 11 is 0. The van der Waals surface area contributed by atoms with E-state index >= 15 is 0 Å². The van der Waals surface area contributed by atoms with Gasteiger partial charge in [-0.25, -0.2) is 0 Å². The van der Waals surface area contributed by atoms with Gasteiger partial charge in [0.1, 0.15) is 18.9 Å². The van der Waals surface area contributed by atoms with Crippen LogP contribution in [0.2, 0.25) is 0 Å². The van der Waals surface area contributed by atoms with E-state index in [4.69, 9.17) is 4.74 Å². The minimum atomic E-state index is 0.113. The fourth-order valence-electron chi connectivity index (χ4n) is 4.67. The van der Waals surface area contributed by atoms with Crippen molar-refractivity contribution in [3.05, 3.63) is 65.4 Å². The second kappa shape index (κ2) is 7.76. The summed E-state index contributed by atoms with van der Waals surface area (Å²) in [6, 6.07) is 15.0. The first kappa shape index (κ1) is 19.7. The van der Waals surface area contributed by atoms with Crippen LogP contribution in [0.15, 0.2) is 48.7 Å². The third-order valence-corrected chi connectivity index (χ3v) is 6.29. The summed E-state index contributed by atoms with van der Waals surface area (Å²) in [6.45, 7) is 9.39. The van der Waals surface area contributed by atoms with Crippen molar-refractivity contribution in [1.29, 1.82) is 0 Å². The monoisotopic (exact) mass is 416 g/mol. The summed E-state index contributed by atoms with van der Waals surface area (Å²) in [5.74, 6) is 0.968. The van der Waals surface area contributed by atoms with Crippen LogP contribution in [-0.2, 0) is 17.9 Å². The quantitative estimate of drug-likeness (QED) is 0.652. The number of aromatic nitrogens is 2. The van der Waals surface area contributed by atoms with Gasteiger partial charge in [-0.15, -0.1) is 0 Å². The van der Waals surface area contributed by atoms with Gasteiger partial charge in [-0.1, -0.05) is 23.8 Å². The Kier molecular flexibility index (Phi) is 4.93. The highest BCUT2D eigenvalue weighted by molar-refractivity contribution is 5.79. The van der Waals surface area contributed by atoms with Gasteiger partial charge in [-0.05, 0) is 50.6 Å². The molecule has 2 aliphatic heterocycles. The van der Waals surface area contributed by atoms with E-state index in [0.29, 0.717) is 6.61 Å². The molecule has 160 valence electrons. The number of carbonyl (C=O) groups is 1. The van der Waals surface area contributed by atoms with Crippen LogP contribution in [0.3, 0.4) is 0 Å². The molecule has 0 N–H and O–H groups in total. The maximum atomic E-state index is 13.2. The lowest BCUT2D eigenvalue weighted by molar-refractivity contribution is -0.132. The number of carbonyl (C=O) groups excluding carboxylic acids is 1. The third-order valence-electron chi connectivity index (χ3n) is 6.29. The number of piperazine rings is 1. The molecule has 2 aromatic carbocycles.